The Morgan fingerprint density at radius 2 is 2.18 bits per heavy atom. The van der Waals surface area contributed by atoms with E-state index >= 15 is 0 Å². The summed E-state index contributed by atoms with van der Waals surface area (Å²) in [5, 5.41) is 3.42. The van der Waals surface area contributed by atoms with Crippen LogP contribution in [-0.4, -0.2) is 16.5 Å². The van der Waals surface area contributed by atoms with Crippen LogP contribution in [-0.2, 0) is 0 Å². The molecule has 0 fully saturated rings. The number of fused-ring (bicyclic) bond motifs is 1. The van der Waals surface area contributed by atoms with Crippen molar-refractivity contribution < 1.29 is 0 Å². The first kappa shape index (κ1) is 12.3. The Labute approximate surface area is 110 Å². The Kier molecular flexibility index (Phi) is 3.94. The summed E-state index contributed by atoms with van der Waals surface area (Å²) in [5.41, 5.74) is 2.90. The fraction of sp³-hybridized carbons (Fsp3) is 0.385. The summed E-state index contributed by atoms with van der Waals surface area (Å²) in [4.78, 5) is 8.72. The normalized spacial score (nSPS) is 11.1. The van der Waals surface area contributed by atoms with Crippen LogP contribution in [0.5, 0.6) is 0 Å². The molecule has 0 radical (unpaired) electrons. The maximum atomic E-state index is 4.41. The molecule has 0 aliphatic rings. The Morgan fingerprint density at radius 1 is 1.35 bits per heavy atom. The molecule has 0 saturated heterocycles. The number of aromatic nitrogens is 2. The molecule has 2 rings (SSSR count). The van der Waals surface area contributed by atoms with Gasteiger partial charge in [0, 0.05) is 23.4 Å². The summed E-state index contributed by atoms with van der Waals surface area (Å²) < 4.78 is 0.955. The molecule has 0 amide bonds. The van der Waals surface area contributed by atoms with E-state index in [1.165, 1.54) is 0 Å². The molecule has 90 valence electrons. The van der Waals surface area contributed by atoms with Crippen molar-refractivity contribution in [3.05, 3.63) is 29.0 Å². The van der Waals surface area contributed by atoms with Gasteiger partial charge in [-0.05, 0) is 40.4 Å². The second-order valence-corrected chi connectivity index (χ2v) is 5.40. The van der Waals surface area contributed by atoms with Gasteiger partial charge in [-0.3, -0.25) is 9.97 Å². The fourth-order valence-corrected chi connectivity index (χ4v) is 1.96. The third-order valence-corrected chi connectivity index (χ3v) is 3.01. The second kappa shape index (κ2) is 5.45. The molecule has 0 atom stereocenters. The summed E-state index contributed by atoms with van der Waals surface area (Å²) in [6.45, 7) is 5.41. The summed E-state index contributed by atoms with van der Waals surface area (Å²) in [7, 11) is 0. The first-order chi connectivity index (χ1) is 8.16. The molecule has 3 nitrogen and oxygen atoms in total. The molecule has 0 saturated carbocycles. The lowest BCUT2D eigenvalue weighted by Crippen LogP contribution is -2.05. The molecule has 0 spiro atoms. The highest BCUT2D eigenvalue weighted by molar-refractivity contribution is 9.10. The average molecular weight is 294 g/mol. The van der Waals surface area contributed by atoms with Crippen molar-refractivity contribution in [1.82, 2.24) is 9.97 Å². The van der Waals surface area contributed by atoms with E-state index in [1.807, 2.05) is 18.3 Å². The molecule has 2 aromatic rings. The topological polar surface area (TPSA) is 37.8 Å². The van der Waals surface area contributed by atoms with E-state index in [4.69, 9.17) is 0 Å². The van der Waals surface area contributed by atoms with Crippen LogP contribution >= 0.6 is 15.9 Å². The zero-order valence-corrected chi connectivity index (χ0v) is 11.7. The van der Waals surface area contributed by atoms with Crippen molar-refractivity contribution in [3.8, 4) is 0 Å². The van der Waals surface area contributed by atoms with E-state index in [-0.39, 0.29) is 0 Å². The minimum atomic E-state index is 0.706. The number of halogens is 1. The predicted octanol–water partition coefficient (Wildman–Crippen LogP) is 3.85. The van der Waals surface area contributed by atoms with Gasteiger partial charge in [0.05, 0.1) is 11.2 Å². The Bertz CT molecular complexity index is 511. The van der Waals surface area contributed by atoms with Crippen molar-refractivity contribution in [2.75, 3.05) is 11.9 Å². The van der Waals surface area contributed by atoms with E-state index < -0.39 is 0 Å². The number of nitrogens with zero attached hydrogens (tertiary/aromatic N) is 2. The van der Waals surface area contributed by atoms with E-state index in [2.05, 4.69) is 45.1 Å². The third kappa shape index (κ3) is 3.16. The Balaban J connectivity index is 2.22. The standard InChI is InChI=1S/C13H16BrN3/c1-9(2)3-5-15-11-4-6-16-12-7-10(14)8-17-13(11)12/h4,6-9H,3,5H2,1-2H3,(H,15,16). The molecule has 0 aliphatic carbocycles. The number of pyridine rings is 2. The summed E-state index contributed by atoms with van der Waals surface area (Å²) in [6.07, 6.45) is 4.77. The Hall–Kier alpha value is -1.16. The molecular formula is C13H16BrN3. The highest BCUT2D eigenvalue weighted by atomic mass is 79.9. The van der Waals surface area contributed by atoms with Gasteiger partial charge in [-0.1, -0.05) is 13.8 Å². The van der Waals surface area contributed by atoms with Crippen molar-refractivity contribution in [3.63, 3.8) is 0 Å². The molecule has 1 N–H and O–H groups in total. The van der Waals surface area contributed by atoms with Crippen molar-refractivity contribution in [2.24, 2.45) is 5.92 Å². The molecule has 17 heavy (non-hydrogen) atoms. The molecule has 0 aliphatic heterocycles. The third-order valence-electron chi connectivity index (χ3n) is 2.58. The maximum Gasteiger partial charge on any atom is 0.112 e. The first-order valence-electron chi connectivity index (χ1n) is 5.81. The molecular weight excluding hydrogens is 278 g/mol. The molecule has 0 bridgehead atoms. The van der Waals surface area contributed by atoms with Gasteiger partial charge in [0.1, 0.15) is 5.52 Å². The minimum absolute atomic E-state index is 0.706. The van der Waals surface area contributed by atoms with Gasteiger partial charge in [-0.25, -0.2) is 0 Å². The molecule has 0 unspecified atom stereocenters. The highest BCUT2D eigenvalue weighted by Crippen LogP contribution is 2.22. The van der Waals surface area contributed by atoms with Crippen molar-refractivity contribution >= 4 is 32.7 Å². The van der Waals surface area contributed by atoms with Crippen LogP contribution in [0.25, 0.3) is 11.0 Å². The van der Waals surface area contributed by atoms with Crippen molar-refractivity contribution in [2.45, 2.75) is 20.3 Å². The van der Waals surface area contributed by atoms with Gasteiger partial charge in [-0.2, -0.15) is 0 Å². The molecule has 2 aromatic heterocycles. The number of rotatable bonds is 4. The zero-order chi connectivity index (χ0) is 12.3. The van der Waals surface area contributed by atoms with Gasteiger partial charge >= 0.3 is 0 Å². The monoisotopic (exact) mass is 293 g/mol. The van der Waals surface area contributed by atoms with Crippen LogP contribution in [0.2, 0.25) is 0 Å². The number of anilines is 1. The first-order valence-corrected chi connectivity index (χ1v) is 6.60. The minimum Gasteiger partial charge on any atom is -0.383 e. The van der Waals surface area contributed by atoms with Crippen LogP contribution in [0.3, 0.4) is 0 Å². The largest absolute Gasteiger partial charge is 0.383 e. The number of hydrogen-bond acceptors (Lipinski definition) is 3. The predicted molar refractivity (Wildman–Crippen MR) is 75.2 cm³/mol. The smallest absolute Gasteiger partial charge is 0.112 e. The van der Waals surface area contributed by atoms with Gasteiger partial charge in [0.2, 0.25) is 0 Å². The van der Waals surface area contributed by atoms with Gasteiger partial charge in [0.15, 0.2) is 0 Å². The lowest BCUT2D eigenvalue weighted by molar-refractivity contribution is 0.607. The van der Waals surface area contributed by atoms with Crippen LogP contribution in [0, 0.1) is 5.92 Å². The number of hydrogen-bond donors (Lipinski definition) is 1. The molecule has 4 heteroatoms. The van der Waals surface area contributed by atoms with E-state index in [0.717, 1.165) is 34.2 Å². The maximum absolute atomic E-state index is 4.41. The van der Waals surface area contributed by atoms with Crippen molar-refractivity contribution in [1.29, 1.82) is 0 Å². The van der Waals surface area contributed by atoms with Gasteiger partial charge < -0.3 is 5.32 Å². The van der Waals surface area contributed by atoms with Gasteiger partial charge in [0.25, 0.3) is 0 Å². The SMILES string of the molecule is CC(C)CCNc1ccnc2cc(Br)cnc12. The van der Waals surface area contributed by atoms with Crippen LogP contribution in [0.1, 0.15) is 20.3 Å². The quantitative estimate of drug-likeness (QED) is 0.930. The van der Waals surface area contributed by atoms with E-state index in [9.17, 15) is 0 Å². The zero-order valence-electron chi connectivity index (χ0n) is 10.1. The summed E-state index contributed by atoms with van der Waals surface area (Å²) in [5.74, 6) is 0.706. The Morgan fingerprint density at radius 3 is 2.94 bits per heavy atom. The number of nitrogens with one attached hydrogen (secondary N) is 1. The lowest BCUT2D eigenvalue weighted by atomic mass is 10.1. The van der Waals surface area contributed by atoms with E-state index in [0.29, 0.717) is 5.92 Å². The van der Waals surface area contributed by atoms with Crippen LogP contribution in [0.4, 0.5) is 5.69 Å². The van der Waals surface area contributed by atoms with Crippen LogP contribution in [0.15, 0.2) is 29.0 Å². The summed E-state index contributed by atoms with van der Waals surface area (Å²) in [6, 6.07) is 3.96. The van der Waals surface area contributed by atoms with Crippen LogP contribution < -0.4 is 5.32 Å². The lowest BCUT2D eigenvalue weighted by Gasteiger charge is -2.10. The second-order valence-electron chi connectivity index (χ2n) is 4.49. The van der Waals surface area contributed by atoms with E-state index in [1.54, 1.807) is 6.20 Å². The molecule has 2 heterocycles. The fourth-order valence-electron chi connectivity index (χ4n) is 1.64. The summed E-state index contributed by atoms with van der Waals surface area (Å²) >= 11 is 3.41. The van der Waals surface area contributed by atoms with Gasteiger partial charge in [-0.15, -0.1) is 0 Å². The average Bonchev–Trinajstić information content (AvgIpc) is 2.28. The molecule has 0 aromatic carbocycles. The highest BCUT2D eigenvalue weighted by Gasteiger charge is 2.03.